The fourth-order valence-corrected chi connectivity index (χ4v) is 2.99. The number of benzene rings is 1. The molecule has 0 aliphatic carbocycles. The number of rotatable bonds is 3. The minimum Gasteiger partial charge on any atom is -0.397 e. The third-order valence-corrected chi connectivity index (χ3v) is 4.24. The number of para-hydroxylation sites is 2. The van der Waals surface area contributed by atoms with Crippen LogP contribution in [0.1, 0.15) is 5.69 Å². The smallest absolute Gasteiger partial charge is 0.337 e. The second kappa shape index (κ2) is 6.41. The number of nitrogen functional groups attached to an aromatic ring is 1. The molecule has 0 unspecified atom stereocenters. The second-order valence-corrected chi connectivity index (χ2v) is 5.99. The van der Waals surface area contributed by atoms with Crippen LogP contribution in [-0.4, -0.2) is 19.1 Å². The highest BCUT2D eigenvalue weighted by molar-refractivity contribution is 5.77. The molecule has 4 aromatic rings. The zero-order valence-corrected chi connectivity index (χ0v) is 14.1. The molecule has 27 heavy (non-hydrogen) atoms. The fraction of sp³-hybridized carbons (Fsp3) is 0.0526. The van der Waals surface area contributed by atoms with Gasteiger partial charge in [0.05, 0.1) is 23.3 Å². The van der Waals surface area contributed by atoms with Gasteiger partial charge in [-0.1, -0.05) is 12.1 Å². The molecule has 0 radical (unpaired) electrons. The van der Waals surface area contributed by atoms with Crippen molar-refractivity contribution in [2.45, 2.75) is 6.54 Å². The Morgan fingerprint density at radius 2 is 1.85 bits per heavy atom. The van der Waals surface area contributed by atoms with E-state index >= 15 is 0 Å². The molecule has 1 aromatic carbocycles. The van der Waals surface area contributed by atoms with E-state index in [1.807, 2.05) is 0 Å². The van der Waals surface area contributed by atoms with Crippen LogP contribution in [-0.2, 0) is 6.54 Å². The van der Waals surface area contributed by atoms with Crippen molar-refractivity contribution >= 4 is 16.7 Å². The first-order valence-corrected chi connectivity index (χ1v) is 8.19. The van der Waals surface area contributed by atoms with Crippen LogP contribution in [0.25, 0.3) is 16.7 Å². The van der Waals surface area contributed by atoms with E-state index in [0.29, 0.717) is 17.1 Å². The van der Waals surface area contributed by atoms with Gasteiger partial charge in [-0.3, -0.25) is 14.2 Å². The third kappa shape index (κ3) is 2.82. The summed E-state index contributed by atoms with van der Waals surface area (Å²) in [6.07, 6.45) is 2.98. The van der Waals surface area contributed by atoms with Gasteiger partial charge in [0.2, 0.25) is 0 Å². The number of hydrogen-bond acceptors (Lipinski definition) is 5. The maximum Gasteiger partial charge on any atom is 0.337 e. The van der Waals surface area contributed by atoms with Crippen molar-refractivity contribution in [1.82, 2.24) is 19.1 Å². The van der Waals surface area contributed by atoms with Gasteiger partial charge in [-0.15, -0.1) is 0 Å². The lowest BCUT2D eigenvalue weighted by Gasteiger charge is -2.14. The van der Waals surface area contributed by atoms with Crippen molar-refractivity contribution < 1.29 is 0 Å². The molecule has 3 N–H and O–H groups in total. The van der Waals surface area contributed by atoms with E-state index in [-0.39, 0.29) is 23.0 Å². The van der Waals surface area contributed by atoms with Crippen molar-refractivity contribution in [3.63, 3.8) is 0 Å². The van der Waals surface area contributed by atoms with Gasteiger partial charge in [0.15, 0.2) is 11.1 Å². The first-order valence-electron chi connectivity index (χ1n) is 8.19. The summed E-state index contributed by atoms with van der Waals surface area (Å²) in [6, 6.07) is 12.8. The summed E-state index contributed by atoms with van der Waals surface area (Å²) in [5.74, 6) is 0. The molecule has 8 nitrogen and oxygen atoms in total. The Hall–Kier alpha value is -3.94. The number of aromatic nitrogens is 4. The summed E-state index contributed by atoms with van der Waals surface area (Å²) in [5.41, 5.74) is 6.24. The molecule has 0 bridgehead atoms. The van der Waals surface area contributed by atoms with Crippen LogP contribution in [0.2, 0.25) is 0 Å². The monoisotopic (exact) mass is 361 g/mol. The second-order valence-electron chi connectivity index (χ2n) is 5.99. The normalized spacial score (nSPS) is 11.0. The van der Waals surface area contributed by atoms with Crippen LogP contribution in [0.4, 0.5) is 5.69 Å². The molecule has 0 aliphatic rings. The van der Waals surface area contributed by atoms with Gasteiger partial charge in [-0.05, 0) is 24.3 Å². The van der Waals surface area contributed by atoms with Crippen LogP contribution in [0.15, 0.2) is 75.3 Å². The number of fused-ring (bicyclic) bond motifs is 1. The SMILES string of the molecule is Nc1ccccc1-n1c(=O)n(Cc2cc(=O)cc[nH]2)c(=O)c2cccnc21. The number of nitrogens with zero attached hydrogens (tertiary/aromatic N) is 3. The van der Waals surface area contributed by atoms with E-state index in [9.17, 15) is 14.4 Å². The summed E-state index contributed by atoms with van der Waals surface area (Å²) in [7, 11) is 0. The van der Waals surface area contributed by atoms with Crippen molar-refractivity contribution in [1.29, 1.82) is 0 Å². The van der Waals surface area contributed by atoms with E-state index in [2.05, 4.69) is 9.97 Å². The number of anilines is 1. The number of hydrogen-bond donors (Lipinski definition) is 2. The molecule has 3 heterocycles. The van der Waals surface area contributed by atoms with E-state index in [4.69, 9.17) is 5.73 Å². The summed E-state index contributed by atoms with van der Waals surface area (Å²) in [4.78, 5) is 44.8. The first-order chi connectivity index (χ1) is 13.1. The lowest BCUT2D eigenvalue weighted by atomic mass is 10.2. The summed E-state index contributed by atoms with van der Waals surface area (Å²) in [6.45, 7) is -0.0781. The molecular formula is C19H15N5O3. The van der Waals surface area contributed by atoms with Gasteiger partial charge in [0.1, 0.15) is 0 Å². The molecule has 3 aromatic heterocycles. The predicted octanol–water partition coefficient (Wildman–Crippen LogP) is 0.866. The average Bonchev–Trinajstić information content (AvgIpc) is 2.67. The standard InChI is InChI=1S/C19H15N5O3/c20-15-5-1-2-6-16(15)24-17-14(4-3-8-22-17)18(26)23(19(24)27)11-12-10-13(25)7-9-21-12/h1-10H,11,20H2,(H,21,25). The largest absolute Gasteiger partial charge is 0.397 e. The van der Waals surface area contributed by atoms with Crippen molar-refractivity contribution in [2.75, 3.05) is 5.73 Å². The third-order valence-electron chi connectivity index (χ3n) is 4.24. The Morgan fingerprint density at radius 1 is 1.04 bits per heavy atom. The van der Waals surface area contributed by atoms with Gasteiger partial charge in [-0.2, -0.15) is 0 Å². The Labute approximate surface area is 152 Å². The van der Waals surface area contributed by atoms with Crippen LogP contribution >= 0.6 is 0 Å². The molecule has 0 spiro atoms. The number of aromatic amines is 1. The molecule has 0 saturated carbocycles. The molecule has 8 heteroatoms. The van der Waals surface area contributed by atoms with Crippen molar-refractivity contribution in [2.24, 2.45) is 0 Å². The van der Waals surface area contributed by atoms with E-state index in [1.165, 1.54) is 29.1 Å². The molecular weight excluding hydrogens is 346 g/mol. The lowest BCUT2D eigenvalue weighted by Crippen LogP contribution is -2.40. The first kappa shape index (κ1) is 16.5. The Kier molecular flexibility index (Phi) is 3.92. The van der Waals surface area contributed by atoms with Crippen LogP contribution in [0, 0.1) is 0 Å². The van der Waals surface area contributed by atoms with Crippen molar-refractivity contribution in [3.8, 4) is 5.69 Å². The molecule has 0 aliphatic heterocycles. The summed E-state index contributed by atoms with van der Waals surface area (Å²) in [5, 5.41) is 0.277. The van der Waals surface area contributed by atoms with Crippen LogP contribution < -0.4 is 22.4 Å². The topological polar surface area (TPSA) is 116 Å². The highest BCUT2D eigenvalue weighted by Gasteiger charge is 2.17. The van der Waals surface area contributed by atoms with E-state index in [0.717, 1.165) is 4.57 Å². The maximum atomic E-state index is 13.2. The maximum absolute atomic E-state index is 13.2. The Bertz CT molecular complexity index is 1330. The Morgan fingerprint density at radius 3 is 2.63 bits per heavy atom. The fourth-order valence-electron chi connectivity index (χ4n) is 2.99. The average molecular weight is 361 g/mol. The zero-order valence-electron chi connectivity index (χ0n) is 14.1. The molecule has 0 atom stereocenters. The van der Waals surface area contributed by atoms with Crippen LogP contribution in [0.3, 0.4) is 0 Å². The summed E-state index contributed by atoms with van der Waals surface area (Å²) >= 11 is 0. The van der Waals surface area contributed by atoms with Gasteiger partial charge in [0, 0.05) is 30.2 Å². The predicted molar refractivity (Wildman–Crippen MR) is 102 cm³/mol. The molecule has 4 rings (SSSR count). The Balaban J connectivity index is 2.06. The minimum absolute atomic E-state index is 0.0781. The van der Waals surface area contributed by atoms with Crippen molar-refractivity contribution in [3.05, 3.63) is 97.7 Å². The molecule has 0 fully saturated rings. The van der Waals surface area contributed by atoms with Gasteiger partial charge < -0.3 is 10.7 Å². The van der Waals surface area contributed by atoms with Crippen LogP contribution in [0.5, 0.6) is 0 Å². The minimum atomic E-state index is -0.589. The quantitative estimate of drug-likeness (QED) is 0.525. The van der Waals surface area contributed by atoms with Gasteiger partial charge in [0.25, 0.3) is 5.56 Å². The molecule has 134 valence electrons. The number of pyridine rings is 2. The number of nitrogens with one attached hydrogen (secondary N) is 1. The molecule has 0 saturated heterocycles. The number of nitrogens with two attached hydrogens (primary N) is 1. The van der Waals surface area contributed by atoms with E-state index in [1.54, 1.807) is 36.4 Å². The van der Waals surface area contributed by atoms with Gasteiger partial charge >= 0.3 is 5.69 Å². The molecule has 0 amide bonds. The zero-order chi connectivity index (χ0) is 19.0. The van der Waals surface area contributed by atoms with Gasteiger partial charge in [-0.25, -0.2) is 14.3 Å². The lowest BCUT2D eigenvalue weighted by molar-refractivity contribution is 0.670. The highest BCUT2D eigenvalue weighted by atomic mass is 16.2. The summed E-state index contributed by atoms with van der Waals surface area (Å²) < 4.78 is 2.37. The number of H-pyrrole nitrogens is 1. The highest BCUT2D eigenvalue weighted by Crippen LogP contribution is 2.17. The van der Waals surface area contributed by atoms with E-state index < -0.39 is 11.2 Å².